The lowest BCUT2D eigenvalue weighted by molar-refractivity contribution is 0.659. The summed E-state index contributed by atoms with van der Waals surface area (Å²) in [6.07, 6.45) is 3.84. The van der Waals surface area contributed by atoms with Crippen LogP contribution in [0.25, 0.3) is 122 Å². The number of fused-ring (bicyclic) bond motifs is 11. The van der Waals surface area contributed by atoms with Crippen molar-refractivity contribution >= 4 is 21.8 Å². The molecule has 15 rings (SSSR count). The molecule has 2 heterocycles. The molecule has 3 aliphatic rings. The molecular weight excluding hydrogens is 933 g/mol. The highest BCUT2D eigenvalue weighted by Gasteiger charge is 2.39. The average Bonchev–Trinajstić information content (AvgIpc) is 4.06. The van der Waals surface area contributed by atoms with Gasteiger partial charge in [0.05, 0.1) is 11.0 Å². The monoisotopic (exact) mass is 986 g/mol. The van der Waals surface area contributed by atoms with Crippen molar-refractivity contribution in [3.8, 4) is 101 Å². The third-order valence-electron chi connectivity index (χ3n) is 17.6. The van der Waals surface area contributed by atoms with E-state index in [0.29, 0.717) is 0 Å². The van der Waals surface area contributed by atoms with Crippen molar-refractivity contribution in [1.29, 1.82) is 0 Å². The van der Waals surface area contributed by atoms with E-state index >= 15 is 0 Å². The molecule has 2 aromatic heterocycles. The molecule has 77 heavy (non-hydrogen) atoms. The fraction of sp³-hybridized carbons (Fsp3) is 0.123. The number of hydrogen-bond acceptors (Lipinski definition) is 4. The molecule has 0 N–H and O–H groups in total. The molecule has 3 aliphatic carbocycles. The van der Waals surface area contributed by atoms with Gasteiger partial charge < -0.3 is 0 Å². The fourth-order valence-electron chi connectivity index (χ4n) is 13.2. The van der Waals surface area contributed by atoms with Gasteiger partial charge in [-0.2, -0.15) is 0 Å². The molecule has 0 radical (unpaired) electrons. The molecule has 0 saturated heterocycles. The largest absolute Gasteiger partial charge is 0.236 e. The van der Waals surface area contributed by atoms with Crippen LogP contribution < -0.4 is 0 Å². The molecule has 0 saturated carbocycles. The molecule has 12 aromatic rings. The summed E-state index contributed by atoms with van der Waals surface area (Å²) < 4.78 is 0. The van der Waals surface area contributed by atoms with Crippen molar-refractivity contribution in [1.82, 2.24) is 19.9 Å². The summed E-state index contributed by atoms with van der Waals surface area (Å²) in [4.78, 5) is 19.3. The highest BCUT2D eigenvalue weighted by molar-refractivity contribution is 5.91. The van der Waals surface area contributed by atoms with E-state index in [4.69, 9.17) is 19.9 Å². The zero-order valence-electron chi connectivity index (χ0n) is 44.1. The average molecular weight is 987 g/mol. The first-order valence-corrected chi connectivity index (χ1v) is 26.9. The molecule has 0 amide bonds. The highest BCUT2D eigenvalue weighted by Crippen LogP contribution is 2.55. The summed E-state index contributed by atoms with van der Waals surface area (Å²) in [5.74, 6) is 1.48. The van der Waals surface area contributed by atoms with E-state index in [1.54, 1.807) is 0 Å². The van der Waals surface area contributed by atoms with Crippen LogP contribution in [0.4, 0.5) is 0 Å². The number of rotatable bonds is 6. The number of aromatic nitrogens is 4. The second-order valence-electron chi connectivity index (χ2n) is 23.1. The lowest BCUT2D eigenvalue weighted by Crippen LogP contribution is -2.16. The van der Waals surface area contributed by atoms with Crippen LogP contribution in [0.5, 0.6) is 0 Å². The second kappa shape index (κ2) is 16.4. The van der Waals surface area contributed by atoms with Crippen LogP contribution in [0.15, 0.2) is 219 Å². The van der Waals surface area contributed by atoms with Crippen molar-refractivity contribution in [2.24, 2.45) is 0 Å². The summed E-state index contributed by atoms with van der Waals surface area (Å²) in [5.41, 5.74) is 29.2. The van der Waals surface area contributed by atoms with E-state index in [9.17, 15) is 0 Å². The molecule has 0 spiro atoms. The van der Waals surface area contributed by atoms with Gasteiger partial charge in [0.25, 0.3) is 0 Å². The smallest absolute Gasteiger partial charge is 0.159 e. The third kappa shape index (κ3) is 6.98. The van der Waals surface area contributed by atoms with Crippen molar-refractivity contribution in [2.75, 3.05) is 0 Å². The molecule has 0 bridgehead atoms. The first-order valence-electron chi connectivity index (χ1n) is 26.9. The predicted molar refractivity (Wildman–Crippen MR) is 318 cm³/mol. The van der Waals surface area contributed by atoms with E-state index in [-0.39, 0.29) is 16.2 Å². The van der Waals surface area contributed by atoms with Crippen LogP contribution in [0.2, 0.25) is 0 Å². The van der Waals surface area contributed by atoms with E-state index in [1.807, 2.05) is 48.8 Å². The second-order valence-corrected chi connectivity index (χ2v) is 23.1. The maximum Gasteiger partial charge on any atom is 0.159 e. The zero-order valence-corrected chi connectivity index (χ0v) is 44.1. The van der Waals surface area contributed by atoms with Gasteiger partial charge in [0.2, 0.25) is 0 Å². The topological polar surface area (TPSA) is 51.6 Å². The molecular formula is C73H54N4. The lowest BCUT2D eigenvalue weighted by Gasteiger charge is -2.24. The minimum Gasteiger partial charge on any atom is -0.236 e. The van der Waals surface area contributed by atoms with Crippen LogP contribution in [0.3, 0.4) is 0 Å². The summed E-state index contributed by atoms with van der Waals surface area (Å²) in [7, 11) is 0. The zero-order chi connectivity index (χ0) is 52.0. The summed E-state index contributed by atoms with van der Waals surface area (Å²) in [5, 5.41) is 2.09. The Bertz CT molecular complexity index is 4210. The number of nitrogens with zero attached hydrogens (tertiary/aromatic N) is 4. The van der Waals surface area contributed by atoms with E-state index in [1.165, 1.54) is 100 Å². The molecule has 0 aliphatic heterocycles. The first kappa shape index (κ1) is 45.3. The Morgan fingerprint density at radius 2 is 0.506 bits per heavy atom. The van der Waals surface area contributed by atoms with Crippen molar-refractivity contribution in [3.05, 3.63) is 252 Å². The van der Waals surface area contributed by atoms with Crippen molar-refractivity contribution < 1.29 is 0 Å². The minimum atomic E-state index is -0.183. The van der Waals surface area contributed by atoms with E-state index in [0.717, 1.165) is 55.7 Å². The Morgan fingerprint density at radius 3 is 0.805 bits per heavy atom. The Balaban J connectivity index is 0.697. The molecule has 10 aromatic carbocycles. The first-order chi connectivity index (χ1) is 37.4. The number of para-hydroxylation sites is 2. The van der Waals surface area contributed by atoms with Gasteiger partial charge in [-0.15, -0.1) is 0 Å². The normalized spacial score (nSPS) is 14.7. The summed E-state index contributed by atoms with van der Waals surface area (Å²) in [6.45, 7) is 14.3. The maximum absolute atomic E-state index is 4.90. The van der Waals surface area contributed by atoms with Gasteiger partial charge in [0.15, 0.2) is 11.6 Å². The van der Waals surface area contributed by atoms with Crippen molar-refractivity contribution in [2.45, 2.75) is 57.8 Å². The Morgan fingerprint density at radius 1 is 0.247 bits per heavy atom. The van der Waals surface area contributed by atoms with Crippen LogP contribution in [0, 0.1) is 0 Å². The van der Waals surface area contributed by atoms with E-state index in [2.05, 4.69) is 211 Å². The summed E-state index contributed by atoms with van der Waals surface area (Å²) in [6, 6.07) is 76.2. The molecule has 0 unspecified atom stereocenters. The molecule has 4 heteroatoms. The Kier molecular flexibility index (Phi) is 9.67. The van der Waals surface area contributed by atoms with E-state index < -0.39 is 0 Å². The molecule has 0 atom stereocenters. The van der Waals surface area contributed by atoms with Gasteiger partial charge in [0.1, 0.15) is 0 Å². The van der Waals surface area contributed by atoms with Gasteiger partial charge in [-0.05, 0) is 172 Å². The minimum absolute atomic E-state index is 0.181. The molecule has 366 valence electrons. The highest BCUT2D eigenvalue weighted by atomic mass is 14.9. The van der Waals surface area contributed by atoms with Gasteiger partial charge in [0, 0.05) is 50.5 Å². The molecule has 4 nitrogen and oxygen atoms in total. The standard InChI is InChI=1S/C73H54N4/c1-71(2)61-35-45(43-15-11-17-51(33-43)69-74-41-53-13-7-9-19-67(53)76-69)21-27-55(61)57-29-23-47(37-63(57)71)49-25-31-59-60-32-26-50(40-66(60)73(5,6)65(59)39-49)48-24-30-58-56-28-22-46(36-62(56)72(3,4)64(58)38-48)44-16-12-18-52(34-44)70-75-42-54-14-8-10-20-68(54)77-70/h7-42H,1-6H3. The number of hydrogen-bond donors (Lipinski definition) is 0. The molecule has 0 fully saturated rings. The van der Waals surface area contributed by atoms with Gasteiger partial charge in [-0.3, -0.25) is 0 Å². The fourth-order valence-corrected chi connectivity index (χ4v) is 13.2. The van der Waals surface area contributed by atoms with Gasteiger partial charge >= 0.3 is 0 Å². The third-order valence-corrected chi connectivity index (χ3v) is 17.6. The van der Waals surface area contributed by atoms with Gasteiger partial charge in [-0.1, -0.05) is 187 Å². The van der Waals surface area contributed by atoms with Crippen LogP contribution in [-0.4, -0.2) is 19.9 Å². The predicted octanol–water partition coefficient (Wildman–Crippen LogP) is 18.5. The van der Waals surface area contributed by atoms with Crippen LogP contribution >= 0.6 is 0 Å². The van der Waals surface area contributed by atoms with Crippen molar-refractivity contribution in [3.63, 3.8) is 0 Å². The lowest BCUT2D eigenvalue weighted by atomic mass is 9.79. The van der Waals surface area contributed by atoms with Crippen LogP contribution in [0.1, 0.15) is 74.9 Å². The maximum atomic E-state index is 4.90. The number of benzene rings is 10. The quantitative estimate of drug-likeness (QED) is 0.167. The Labute approximate surface area is 449 Å². The van der Waals surface area contributed by atoms with Crippen LogP contribution in [-0.2, 0) is 16.2 Å². The van der Waals surface area contributed by atoms with Gasteiger partial charge in [-0.25, -0.2) is 19.9 Å². The Hall–Kier alpha value is -9.12. The SMILES string of the molecule is CC1(C)c2cc(-c3cccc(-c4ncc5ccccc5n4)c3)ccc2-c2ccc(-c3ccc4c(c3)C(C)(C)c3cc(-c5ccc6c(c5)C(C)(C)c5cc(-c7cccc(-c8ncc9ccccc9n8)c7)ccc5-6)ccc3-4)cc21. The summed E-state index contributed by atoms with van der Waals surface area (Å²) >= 11 is 0.